The highest BCUT2D eigenvalue weighted by molar-refractivity contribution is 6.43. The summed E-state index contributed by atoms with van der Waals surface area (Å²) in [6.45, 7) is 0. The Balaban J connectivity index is 2.53. The van der Waals surface area contributed by atoms with Crippen molar-refractivity contribution in [3.8, 4) is 0 Å². The molecule has 0 fully saturated rings. The van der Waals surface area contributed by atoms with E-state index in [1.807, 2.05) is 0 Å². The Hall–Kier alpha value is -1.06. The Morgan fingerprint density at radius 2 is 1.55 bits per heavy atom. The van der Waals surface area contributed by atoms with Crippen LogP contribution in [0.1, 0.15) is 26.3 Å². The van der Waals surface area contributed by atoms with Gasteiger partial charge in [-0.1, -0.05) is 46.4 Å². The zero-order valence-corrected chi connectivity index (χ0v) is 12.8. The second-order valence-corrected chi connectivity index (χ2v) is 5.50. The lowest BCUT2D eigenvalue weighted by Crippen LogP contribution is -2.04. The minimum absolute atomic E-state index is 0.0172. The fraction of sp³-hybridized carbons (Fsp3) is 0. The molecule has 0 bridgehead atoms. The molecule has 0 aliphatic carbocycles. The molecule has 0 heterocycles. The largest absolute Gasteiger partial charge is 0.298 e. The number of ketones is 1. The molecule has 0 spiro atoms. The van der Waals surface area contributed by atoms with Gasteiger partial charge in [-0.2, -0.15) is 0 Å². The lowest BCUT2D eigenvalue weighted by atomic mass is 10.0. The van der Waals surface area contributed by atoms with Crippen molar-refractivity contribution in [1.82, 2.24) is 0 Å². The maximum absolute atomic E-state index is 12.4. The van der Waals surface area contributed by atoms with Crippen LogP contribution in [0, 0.1) is 0 Å². The van der Waals surface area contributed by atoms with Gasteiger partial charge in [-0.05, 0) is 30.3 Å². The van der Waals surface area contributed by atoms with Gasteiger partial charge in [-0.3, -0.25) is 9.59 Å². The highest BCUT2D eigenvalue weighted by Crippen LogP contribution is 2.30. The summed E-state index contributed by atoms with van der Waals surface area (Å²) in [5.74, 6) is -0.367. The minimum Gasteiger partial charge on any atom is -0.298 e. The molecule has 0 aliphatic heterocycles. The average Bonchev–Trinajstić information content (AvgIpc) is 2.42. The van der Waals surface area contributed by atoms with E-state index >= 15 is 0 Å². The molecular weight excluding hydrogens is 342 g/mol. The average molecular weight is 348 g/mol. The van der Waals surface area contributed by atoms with Crippen LogP contribution in [0.3, 0.4) is 0 Å². The first-order valence-corrected chi connectivity index (χ1v) is 6.90. The summed E-state index contributed by atoms with van der Waals surface area (Å²) < 4.78 is 0. The predicted molar refractivity (Wildman–Crippen MR) is 81.7 cm³/mol. The van der Waals surface area contributed by atoms with Gasteiger partial charge in [-0.15, -0.1) is 0 Å². The number of aldehydes is 1. The lowest BCUT2D eigenvalue weighted by molar-refractivity contribution is 0.103. The molecule has 0 radical (unpaired) electrons. The maximum Gasteiger partial charge on any atom is 0.194 e. The third kappa shape index (κ3) is 2.84. The topological polar surface area (TPSA) is 34.1 Å². The van der Waals surface area contributed by atoms with Gasteiger partial charge in [-0.25, -0.2) is 0 Å². The Kier molecular flexibility index (Phi) is 4.71. The van der Waals surface area contributed by atoms with Gasteiger partial charge in [0.05, 0.1) is 25.7 Å². The first-order valence-electron chi connectivity index (χ1n) is 5.38. The smallest absolute Gasteiger partial charge is 0.194 e. The van der Waals surface area contributed by atoms with Gasteiger partial charge in [0.2, 0.25) is 0 Å². The zero-order valence-electron chi connectivity index (χ0n) is 9.79. The number of carbonyl (C=O) groups excluding carboxylic acids is 2. The summed E-state index contributed by atoms with van der Waals surface area (Å²) >= 11 is 23.5. The molecule has 0 saturated heterocycles. The summed E-state index contributed by atoms with van der Waals surface area (Å²) in [5, 5.41) is 0.816. The molecule has 0 aromatic heterocycles. The Labute approximate surface area is 135 Å². The van der Waals surface area contributed by atoms with Crippen LogP contribution in [0.2, 0.25) is 20.1 Å². The van der Waals surface area contributed by atoms with Crippen LogP contribution in [-0.4, -0.2) is 12.1 Å². The van der Waals surface area contributed by atoms with Crippen molar-refractivity contribution in [3.05, 3.63) is 67.1 Å². The third-order valence-corrected chi connectivity index (χ3v) is 4.15. The van der Waals surface area contributed by atoms with E-state index in [4.69, 9.17) is 46.4 Å². The summed E-state index contributed by atoms with van der Waals surface area (Å²) in [5.41, 5.74) is 0.580. The highest BCUT2D eigenvalue weighted by atomic mass is 35.5. The summed E-state index contributed by atoms with van der Waals surface area (Å²) in [6.07, 6.45) is 0.510. The van der Waals surface area contributed by atoms with Gasteiger partial charge >= 0.3 is 0 Å². The quantitative estimate of drug-likeness (QED) is 0.554. The van der Waals surface area contributed by atoms with Crippen LogP contribution in [-0.2, 0) is 0 Å². The van der Waals surface area contributed by atoms with Gasteiger partial charge in [0.1, 0.15) is 0 Å². The van der Waals surface area contributed by atoms with E-state index in [0.29, 0.717) is 16.9 Å². The van der Waals surface area contributed by atoms with Crippen molar-refractivity contribution in [1.29, 1.82) is 0 Å². The molecule has 20 heavy (non-hydrogen) atoms. The molecule has 0 amide bonds. The number of hydrogen-bond acceptors (Lipinski definition) is 2. The fourth-order valence-corrected chi connectivity index (χ4v) is 2.49. The molecule has 2 aromatic rings. The molecular formula is C14H6Cl4O2. The summed E-state index contributed by atoms with van der Waals surface area (Å²) in [7, 11) is 0. The highest BCUT2D eigenvalue weighted by Gasteiger charge is 2.18. The van der Waals surface area contributed by atoms with E-state index in [9.17, 15) is 9.59 Å². The molecule has 2 nitrogen and oxygen atoms in total. The molecule has 0 aliphatic rings. The number of benzene rings is 2. The van der Waals surface area contributed by atoms with E-state index < -0.39 is 0 Å². The molecule has 102 valence electrons. The van der Waals surface area contributed by atoms with E-state index in [1.165, 1.54) is 30.3 Å². The lowest BCUT2D eigenvalue weighted by Gasteiger charge is -2.07. The van der Waals surface area contributed by atoms with Crippen LogP contribution >= 0.6 is 46.4 Å². The van der Waals surface area contributed by atoms with Crippen molar-refractivity contribution < 1.29 is 9.59 Å². The second kappa shape index (κ2) is 6.15. The van der Waals surface area contributed by atoms with Crippen LogP contribution in [0.25, 0.3) is 0 Å². The van der Waals surface area contributed by atoms with Crippen LogP contribution in [0.5, 0.6) is 0 Å². The predicted octanol–water partition coefficient (Wildman–Crippen LogP) is 5.34. The van der Waals surface area contributed by atoms with Crippen LogP contribution in [0.15, 0.2) is 30.3 Å². The van der Waals surface area contributed by atoms with E-state index in [2.05, 4.69) is 0 Å². The fourth-order valence-electron chi connectivity index (χ4n) is 1.65. The zero-order chi connectivity index (χ0) is 14.9. The molecule has 2 rings (SSSR count). The first kappa shape index (κ1) is 15.3. The van der Waals surface area contributed by atoms with Crippen molar-refractivity contribution >= 4 is 58.5 Å². The van der Waals surface area contributed by atoms with Gasteiger partial charge in [0, 0.05) is 11.1 Å². The van der Waals surface area contributed by atoms with Gasteiger partial charge in [0.25, 0.3) is 0 Å². The van der Waals surface area contributed by atoms with E-state index in [0.717, 1.165) is 0 Å². The van der Waals surface area contributed by atoms with Crippen molar-refractivity contribution in [2.75, 3.05) is 0 Å². The molecule has 0 atom stereocenters. The third-order valence-electron chi connectivity index (χ3n) is 2.67. The monoisotopic (exact) mass is 346 g/mol. The summed E-state index contributed by atoms with van der Waals surface area (Å²) in [4.78, 5) is 23.3. The number of carbonyl (C=O) groups is 2. The van der Waals surface area contributed by atoms with Gasteiger partial charge in [0.15, 0.2) is 12.1 Å². The molecule has 6 heteroatoms. The summed E-state index contributed by atoms with van der Waals surface area (Å²) in [6, 6.07) is 7.39. The van der Waals surface area contributed by atoms with Crippen molar-refractivity contribution in [2.24, 2.45) is 0 Å². The number of rotatable bonds is 3. The van der Waals surface area contributed by atoms with E-state index in [1.54, 1.807) is 0 Å². The molecule has 0 unspecified atom stereocenters. The Bertz CT molecular complexity index is 711. The Morgan fingerprint density at radius 1 is 0.900 bits per heavy atom. The second-order valence-electron chi connectivity index (χ2n) is 3.90. The molecule has 0 N–H and O–H groups in total. The van der Waals surface area contributed by atoms with Gasteiger partial charge < -0.3 is 0 Å². The van der Waals surface area contributed by atoms with Crippen LogP contribution < -0.4 is 0 Å². The normalized spacial score (nSPS) is 10.4. The molecule has 2 aromatic carbocycles. The Morgan fingerprint density at radius 3 is 2.15 bits per heavy atom. The standard InChI is InChI=1S/C14H6Cl4O2/c15-10-4-2-8(13(18)9(10)6-19)14(20)7-1-3-11(16)12(17)5-7/h1-6H. The number of halogens is 4. The van der Waals surface area contributed by atoms with E-state index in [-0.39, 0.29) is 32.0 Å². The maximum atomic E-state index is 12.4. The minimum atomic E-state index is -0.367. The molecule has 0 saturated carbocycles. The van der Waals surface area contributed by atoms with Crippen molar-refractivity contribution in [3.63, 3.8) is 0 Å². The SMILES string of the molecule is O=Cc1c(Cl)ccc(C(=O)c2ccc(Cl)c(Cl)c2)c1Cl. The van der Waals surface area contributed by atoms with Crippen LogP contribution in [0.4, 0.5) is 0 Å². The first-order chi connectivity index (χ1) is 9.45. The van der Waals surface area contributed by atoms with Crippen molar-refractivity contribution in [2.45, 2.75) is 0 Å². The number of hydrogen-bond donors (Lipinski definition) is 0.